The summed E-state index contributed by atoms with van der Waals surface area (Å²) in [7, 11) is 3.85. The molecule has 0 atom stereocenters. The number of hydrogen-bond donors (Lipinski definition) is 2. The molecule has 1 aliphatic rings. The highest BCUT2D eigenvalue weighted by Crippen LogP contribution is 2.35. The Balaban J connectivity index is 1.59. The fraction of sp³-hybridized carbons (Fsp3) is 0.379. The lowest BCUT2D eigenvalue weighted by Crippen LogP contribution is -2.32. The normalized spacial score (nSPS) is 15.1. The Bertz CT molecular complexity index is 1210. The van der Waals surface area contributed by atoms with E-state index in [1.807, 2.05) is 18.2 Å². The number of likely N-dealkylation sites (tertiary alicyclic amines) is 1. The van der Waals surface area contributed by atoms with Crippen LogP contribution in [0.15, 0.2) is 60.2 Å². The summed E-state index contributed by atoms with van der Waals surface area (Å²) >= 11 is 0. The van der Waals surface area contributed by atoms with Crippen molar-refractivity contribution >= 4 is 28.2 Å². The number of aromatic nitrogens is 1. The van der Waals surface area contributed by atoms with Gasteiger partial charge in [0, 0.05) is 23.3 Å². The van der Waals surface area contributed by atoms with Crippen molar-refractivity contribution in [2.75, 3.05) is 51.0 Å². The molecule has 0 radical (unpaired) electrons. The van der Waals surface area contributed by atoms with Gasteiger partial charge in [-0.15, -0.1) is 6.58 Å². The highest BCUT2D eigenvalue weighted by Gasteiger charge is 2.19. The van der Waals surface area contributed by atoms with Crippen LogP contribution in [-0.2, 0) is 0 Å². The second kappa shape index (κ2) is 11.9. The van der Waals surface area contributed by atoms with E-state index in [2.05, 4.69) is 71.2 Å². The van der Waals surface area contributed by atoms with Gasteiger partial charge in [0.2, 0.25) is 5.96 Å². The van der Waals surface area contributed by atoms with Gasteiger partial charge < -0.3 is 25.0 Å². The molecule has 2 heterocycles. The number of hydrogen-bond acceptors (Lipinski definition) is 5. The van der Waals surface area contributed by atoms with Crippen molar-refractivity contribution in [3.63, 3.8) is 0 Å². The third-order valence-electron chi connectivity index (χ3n) is 6.70. The zero-order chi connectivity index (χ0) is 25.5. The minimum Gasteiger partial charge on any atom is -0.493 e. The fourth-order valence-electron chi connectivity index (χ4n) is 4.50. The van der Waals surface area contributed by atoms with E-state index >= 15 is 0 Å². The number of benzene rings is 2. The molecule has 36 heavy (non-hydrogen) atoms. The molecule has 1 aromatic heterocycles. The van der Waals surface area contributed by atoms with Crippen LogP contribution in [0.25, 0.3) is 10.9 Å². The topological polar surface area (TPSA) is 71.0 Å². The molecule has 1 saturated heterocycles. The first kappa shape index (κ1) is 25.5. The van der Waals surface area contributed by atoms with Gasteiger partial charge in [-0.3, -0.25) is 4.98 Å². The van der Waals surface area contributed by atoms with Crippen LogP contribution in [0.4, 0.5) is 11.4 Å². The molecule has 1 fully saturated rings. The van der Waals surface area contributed by atoms with Gasteiger partial charge in [0.15, 0.2) is 11.5 Å². The van der Waals surface area contributed by atoms with E-state index in [0.717, 1.165) is 65.1 Å². The number of aliphatic imine (C=N–C) groups is 1. The standard InChI is InChI=1S/C29H37N5O2/c1-6-13-31-29(33-28-20(2)8-7-9-21(28)3)32-24-10-14-30-25-18-27(26(35-5)17-23(24)25)36-19-22-11-15-34(4)16-12-22/h6-10,14,17-18,22H,1,11-13,15-16,19H2,2-5H3,(H2,30,31,32,33). The molecule has 2 aromatic carbocycles. The van der Waals surface area contributed by atoms with Crippen LogP contribution in [0.3, 0.4) is 0 Å². The summed E-state index contributed by atoms with van der Waals surface area (Å²) < 4.78 is 12.0. The number of rotatable bonds is 8. The molecule has 0 spiro atoms. The van der Waals surface area contributed by atoms with Crippen LogP contribution >= 0.6 is 0 Å². The highest BCUT2D eigenvalue weighted by molar-refractivity contribution is 6.09. The number of fused-ring (bicyclic) bond motifs is 1. The van der Waals surface area contributed by atoms with Crippen molar-refractivity contribution < 1.29 is 9.47 Å². The third-order valence-corrected chi connectivity index (χ3v) is 6.70. The van der Waals surface area contributed by atoms with Crippen LogP contribution in [0.2, 0.25) is 0 Å². The van der Waals surface area contributed by atoms with Crippen LogP contribution in [0.5, 0.6) is 11.5 Å². The summed E-state index contributed by atoms with van der Waals surface area (Å²) in [4.78, 5) is 11.6. The SMILES string of the molecule is C=CCN=C(Nc1c(C)cccc1C)Nc1ccnc2cc(OCC3CCN(C)CC3)c(OC)cc12. The van der Waals surface area contributed by atoms with E-state index < -0.39 is 0 Å². The lowest BCUT2D eigenvalue weighted by atomic mass is 9.98. The molecule has 0 unspecified atom stereocenters. The zero-order valence-corrected chi connectivity index (χ0v) is 21.8. The molecule has 7 heteroatoms. The fourth-order valence-corrected chi connectivity index (χ4v) is 4.50. The van der Waals surface area contributed by atoms with Crippen molar-refractivity contribution in [3.05, 3.63) is 66.4 Å². The molecule has 190 valence electrons. The average Bonchev–Trinajstić information content (AvgIpc) is 2.88. The number of methoxy groups -OCH3 is 1. The van der Waals surface area contributed by atoms with Crippen molar-refractivity contribution in [3.8, 4) is 11.5 Å². The first-order valence-corrected chi connectivity index (χ1v) is 12.5. The molecule has 0 saturated carbocycles. The van der Waals surface area contributed by atoms with Gasteiger partial charge in [-0.2, -0.15) is 0 Å². The Morgan fingerprint density at radius 1 is 1.14 bits per heavy atom. The van der Waals surface area contributed by atoms with Gasteiger partial charge >= 0.3 is 0 Å². The summed E-state index contributed by atoms with van der Waals surface area (Å²) in [6.45, 7) is 11.4. The Kier molecular flexibility index (Phi) is 8.44. The molecule has 3 aromatic rings. The van der Waals surface area contributed by atoms with E-state index in [4.69, 9.17) is 9.47 Å². The number of ether oxygens (including phenoxy) is 2. The quantitative estimate of drug-likeness (QED) is 0.243. The number of guanidine groups is 1. The Labute approximate surface area is 214 Å². The van der Waals surface area contributed by atoms with E-state index in [9.17, 15) is 0 Å². The predicted octanol–water partition coefficient (Wildman–Crippen LogP) is 5.65. The van der Waals surface area contributed by atoms with Gasteiger partial charge in [-0.1, -0.05) is 24.3 Å². The maximum Gasteiger partial charge on any atom is 0.200 e. The lowest BCUT2D eigenvalue weighted by Gasteiger charge is -2.28. The van der Waals surface area contributed by atoms with Gasteiger partial charge in [-0.25, -0.2) is 4.99 Å². The van der Waals surface area contributed by atoms with Crippen LogP contribution in [0, 0.1) is 19.8 Å². The van der Waals surface area contributed by atoms with Crippen LogP contribution < -0.4 is 20.1 Å². The van der Waals surface area contributed by atoms with E-state index in [-0.39, 0.29) is 0 Å². The van der Waals surface area contributed by atoms with Crippen LogP contribution in [0.1, 0.15) is 24.0 Å². The Morgan fingerprint density at radius 2 is 1.89 bits per heavy atom. The van der Waals surface area contributed by atoms with Crippen molar-refractivity contribution in [2.24, 2.45) is 10.9 Å². The minimum atomic E-state index is 0.488. The van der Waals surface area contributed by atoms with E-state index in [0.29, 0.717) is 30.8 Å². The first-order chi connectivity index (χ1) is 17.5. The van der Waals surface area contributed by atoms with Gasteiger partial charge in [0.25, 0.3) is 0 Å². The van der Waals surface area contributed by atoms with Gasteiger partial charge in [0.05, 0.1) is 31.5 Å². The Hall–Kier alpha value is -3.58. The summed E-state index contributed by atoms with van der Waals surface area (Å²) in [5, 5.41) is 7.87. The molecular weight excluding hydrogens is 450 g/mol. The molecule has 0 bridgehead atoms. The number of anilines is 2. The van der Waals surface area contributed by atoms with Crippen molar-refractivity contribution in [1.29, 1.82) is 0 Å². The molecule has 0 aliphatic carbocycles. The molecule has 7 nitrogen and oxygen atoms in total. The monoisotopic (exact) mass is 487 g/mol. The molecule has 2 N–H and O–H groups in total. The summed E-state index contributed by atoms with van der Waals surface area (Å²) in [6, 6.07) is 12.1. The van der Waals surface area contributed by atoms with Gasteiger partial charge in [0.1, 0.15) is 0 Å². The number of nitrogens with zero attached hydrogens (tertiary/aromatic N) is 3. The third kappa shape index (κ3) is 6.15. The summed E-state index contributed by atoms with van der Waals surface area (Å²) in [5.41, 5.74) is 5.04. The summed E-state index contributed by atoms with van der Waals surface area (Å²) in [6.07, 6.45) is 5.87. The second-order valence-electron chi connectivity index (χ2n) is 9.43. The van der Waals surface area contributed by atoms with Gasteiger partial charge in [-0.05, 0) is 76.0 Å². The first-order valence-electron chi connectivity index (χ1n) is 12.5. The molecule has 4 rings (SSSR count). The molecule has 0 amide bonds. The number of piperidine rings is 1. The van der Waals surface area contributed by atoms with Crippen LogP contribution in [-0.4, -0.2) is 56.2 Å². The van der Waals surface area contributed by atoms with Crippen molar-refractivity contribution in [1.82, 2.24) is 9.88 Å². The number of aryl methyl sites for hydroxylation is 2. The smallest absolute Gasteiger partial charge is 0.200 e. The number of para-hydroxylation sites is 1. The lowest BCUT2D eigenvalue weighted by molar-refractivity contribution is 0.157. The number of nitrogens with one attached hydrogen (secondary N) is 2. The minimum absolute atomic E-state index is 0.488. The van der Waals surface area contributed by atoms with Crippen molar-refractivity contribution in [2.45, 2.75) is 26.7 Å². The summed E-state index contributed by atoms with van der Waals surface area (Å²) in [5.74, 6) is 2.62. The second-order valence-corrected chi connectivity index (χ2v) is 9.43. The largest absolute Gasteiger partial charge is 0.493 e. The highest BCUT2D eigenvalue weighted by atomic mass is 16.5. The molecular formula is C29H37N5O2. The number of pyridine rings is 1. The average molecular weight is 488 g/mol. The zero-order valence-electron chi connectivity index (χ0n) is 21.8. The maximum atomic E-state index is 6.24. The van der Waals surface area contributed by atoms with E-state index in [1.165, 1.54) is 0 Å². The molecule has 1 aliphatic heterocycles. The predicted molar refractivity (Wildman–Crippen MR) is 150 cm³/mol. The Morgan fingerprint density at radius 3 is 2.58 bits per heavy atom. The maximum absolute atomic E-state index is 6.24. The van der Waals surface area contributed by atoms with E-state index in [1.54, 1.807) is 19.4 Å².